The fourth-order valence-electron chi connectivity index (χ4n) is 7.53. The second-order valence-corrected chi connectivity index (χ2v) is 11.1. The first-order valence-electron chi connectivity index (χ1n) is 13.6. The van der Waals surface area contributed by atoms with Gasteiger partial charge in [0.2, 0.25) is 0 Å². The first-order chi connectivity index (χ1) is 16.6. The fraction of sp³-hybridized carbons (Fsp3) is 0.621. The van der Waals surface area contributed by atoms with E-state index in [4.69, 9.17) is 4.42 Å². The fourth-order valence-corrected chi connectivity index (χ4v) is 7.53. The van der Waals surface area contributed by atoms with Crippen molar-refractivity contribution in [3.63, 3.8) is 0 Å². The van der Waals surface area contributed by atoms with E-state index in [-0.39, 0.29) is 11.4 Å². The number of benzene rings is 1. The average Bonchev–Trinajstić information content (AvgIpc) is 2.84. The zero-order chi connectivity index (χ0) is 23.2. The zero-order valence-corrected chi connectivity index (χ0v) is 20.5. The molecule has 0 saturated carbocycles. The maximum atomic E-state index is 12.5. The van der Waals surface area contributed by atoms with Gasteiger partial charge in [0.25, 0.3) is 0 Å². The van der Waals surface area contributed by atoms with Crippen molar-refractivity contribution in [2.24, 2.45) is 11.8 Å². The molecule has 0 spiro atoms. The monoisotopic (exact) mass is 462 g/mol. The highest BCUT2D eigenvalue weighted by atomic mass is 16.4. The number of likely N-dealkylation sites (tertiary alicyclic amines) is 1. The summed E-state index contributed by atoms with van der Waals surface area (Å²) >= 11 is 0. The highest BCUT2D eigenvalue weighted by Gasteiger charge is 2.46. The molecule has 6 rings (SSSR count). The van der Waals surface area contributed by atoms with Crippen LogP contribution in [0.2, 0.25) is 0 Å². The Morgan fingerprint density at radius 1 is 1.18 bits per heavy atom. The third-order valence-corrected chi connectivity index (χ3v) is 9.00. The molecule has 0 amide bonds. The molecule has 5 nitrogen and oxygen atoms in total. The van der Waals surface area contributed by atoms with Crippen LogP contribution in [0, 0.1) is 11.8 Å². The Morgan fingerprint density at radius 2 is 2.09 bits per heavy atom. The van der Waals surface area contributed by atoms with Gasteiger partial charge in [-0.2, -0.15) is 0 Å². The Bertz CT molecular complexity index is 1150. The molecule has 182 valence electrons. The predicted octanol–water partition coefficient (Wildman–Crippen LogP) is 5.24. The third kappa shape index (κ3) is 3.91. The Hall–Kier alpha value is -2.11. The predicted molar refractivity (Wildman–Crippen MR) is 135 cm³/mol. The Kier molecular flexibility index (Phi) is 6.02. The van der Waals surface area contributed by atoms with Crippen LogP contribution in [-0.4, -0.2) is 46.6 Å². The minimum Gasteiger partial charge on any atom is -0.507 e. The molecule has 3 aliphatic heterocycles. The number of phenols is 1. The first kappa shape index (κ1) is 22.4. The molecule has 2 bridgehead atoms. The molecule has 5 heteroatoms. The van der Waals surface area contributed by atoms with Crippen LogP contribution in [0.3, 0.4) is 0 Å². The Labute approximate surface area is 202 Å². The van der Waals surface area contributed by atoms with Crippen molar-refractivity contribution < 1.29 is 9.52 Å². The molecule has 1 aromatic carbocycles. The Morgan fingerprint density at radius 3 is 2.97 bits per heavy atom. The van der Waals surface area contributed by atoms with E-state index in [1.54, 1.807) is 17.7 Å². The van der Waals surface area contributed by atoms with Crippen LogP contribution in [-0.2, 0) is 13.0 Å². The number of unbranched alkanes of at least 4 members (excludes halogenated alkanes) is 1. The number of aromatic hydroxyl groups is 1. The first-order valence-corrected chi connectivity index (χ1v) is 13.6. The van der Waals surface area contributed by atoms with E-state index >= 15 is 0 Å². The van der Waals surface area contributed by atoms with E-state index in [2.05, 4.69) is 22.8 Å². The van der Waals surface area contributed by atoms with Crippen LogP contribution >= 0.6 is 0 Å². The SMILES string of the molecule is CCCCc1cc(=O)oc2c(CN3CCCC4=CC5CC(CN6CCCC[C@H]56)[C@@H]43)c(O)ccc12. The lowest BCUT2D eigenvalue weighted by Crippen LogP contribution is -2.59. The van der Waals surface area contributed by atoms with E-state index in [0.717, 1.165) is 60.7 Å². The Balaban J connectivity index is 1.35. The standard InChI is InChI=1S/C29H38N2O3/c1-2-3-7-19-16-27(33)34-29-23(19)10-11-26(32)24(29)18-31-13-6-8-20-14-21-15-22(28(20)31)17-30-12-5-4-9-25(21)30/h10-11,14,16,21-22,25,28,32H,2-9,12-13,15,17-18H2,1H3/t21?,22?,25-,28-/m1/s1. The highest BCUT2D eigenvalue weighted by Crippen LogP contribution is 2.45. The number of hydrogen-bond acceptors (Lipinski definition) is 5. The molecule has 2 unspecified atom stereocenters. The van der Waals surface area contributed by atoms with Gasteiger partial charge in [-0.3, -0.25) is 9.80 Å². The van der Waals surface area contributed by atoms with Crippen LogP contribution in [0.25, 0.3) is 11.0 Å². The molecule has 0 radical (unpaired) electrons. The summed E-state index contributed by atoms with van der Waals surface area (Å²) in [7, 11) is 0. The largest absolute Gasteiger partial charge is 0.507 e. The molecule has 1 aliphatic carbocycles. The van der Waals surface area contributed by atoms with Gasteiger partial charge in [-0.25, -0.2) is 4.79 Å². The molecule has 2 aromatic rings. The normalized spacial score (nSPS) is 29.5. The van der Waals surface area contributed by atoms with Crippen LogP contribution in [0.15, 0.2) is 39.1 Å². The van der Waals surface area contributed by atoms with Crippen molar-refractivity contribution in [3.05, 3.63) is 51.4 Å². The van der Waals surface area contributed by atoms with Crippen molar-refractivity contribution in [1.82, 2.24) is 9.80 Å². The number of nitrogens with zero attached hydrogens (tertiary/aromatic N) is 2. The van der Waals surface area contributed by atoms with Gasteiger partial charge < -0.3 is 9.52 Å². The molecule has 3 saturated heterocycles. The van der Waals surface area contributed by atoms with Crippen LogP contribution < -0.4 is 5.63 Å². The summed E-state index contributed by atoms with van der Waals surface area (Å²) in [5.41, 5.74) is 3.72. The minimum atomic E-state index is -0.311. The van der Waals surface area contributed by atoms with E-state index in [1.165, 1.54) is 45.2 Å². The minimum absolute atomic E-state index is 0.243. The van der Waals surface area contributed by atoms with Gasteiger partial charge in [0, 0.05) is 36.6 Å². The summed E-state index contributed by atoms with van der Waals surface area (Å²) in [5.74, 6) is 1.62. The van der Waals surface area contributed by atoms with Gasteiger partial charge in [-0.15, -0.1) is 0 Å². The van der Waals surface area contributed by atoms with Gasteiger partial charge in [0.1, 0.15) is 11.3 Å². The van der Waals surface area contributed by atoms with E-state index in [9.17, 15) is 9.90 Å². The van der Waals surface area contributed by atoms with Crippen LogP contribution in [0.4, 0.5) is 0 Å². The van der Waals surface area contributed by atoms with Gasteiger partial charge >= 0.3 is 5.63 Å². The van der Waals surface area contributed by atoms with Crippen molar-refractivity contribution in [2.45, 2.75) is 83.3 Å². The number of aryl methyl sites for hydroxylation is 1. The maximum absolute atomic E-state index is 12.5. The number of fused-ring (bicyclic) bond motifs is 7. The highest BCUT2D eigenvalue weighted by molar-refractivity contribution is 5.85. The second kappa shape index (κ2) is 9.16. The lowest BCUT2D eigenvalue weighted by molar-refractivity contribution is -0.00274. The van der Waals surface area contributed by atoms with Gasteiger partial charge in [0.05, 0.1) is 5.56 Å². The number of piperidine rings is 3. The van der Waals surface area contributed by atoms with Gasteiger partial charge in [-0.05, 0) is 87.6 Å². The number of hydrogen-bond donors (Lipinski definition) is 1. The lowest BCUT2D eigenvalue weighted by Gasteiger charge is -2.54. The summed E-state index contributed by atoms with van der Waals surface area (Å²) in [6, 6.07) is 6.55. The van der Waals surface area contributed by atoms with E-state index in [0.29, 0.717) is 24.1 Å². The van der Waals surface area contributed by atoms with Crippen LogP contribution in [0.1, 0.15) is 69.4 Å². The summed E-state index contributed by atoms with van der Waals surface area (Å²) in [6.45, 7) is 6.29. The topological polar surface area (TPSA) is 56.9 Å². The molecule has 34 heavy (non-hydrogen) atoms. The zero-order valence-electron chi connectivity index (χ0n) is 20.5. The van der Waals surface area contributed by atoms with Crippen molar-refractivity contribution >= 4 is 11.0 Å². The quantitative estimate of drug-likeness (QED) is 0.487. The molecule has 4 heterocycles. The molecular formula is C29H38N2O3. The smallest absolute Gasteiger partial charge is 0.336 e. The number of rotatable bonds is 5. The van der Waals surface area contributed by atoms with Crippen molar-refractivity contribution in [1.29, 1.82) is 0 Å². The molecule has 1 aromatic heterocycles. The molecule has 4 aliphatic rings. The lowest BCUT2D eigenvalue weighted by atomic mass is 9.68. The summed E-state index contributed by atoms with van der Waals surface area (Å²) < 4.78 is 5.76. The maximum Gasteiger partial charge on any atom is 0.336 e. The number of phenolic OH excluding ortho intramolecular Hbond substituents is 1. The molecular weight excluding hydrogens is 424 g/mol. The summed E-state index contributed by atoms with van der Waals surface area (Å²) in [5, 5.41) is 11.9. The van der Waals surface area contributed by atoms with Gasteiger partial charge in [0.15, 0.2) is 0 Å². The van der Waals surface area contributed by atoms with Crippen LogP contribution in [0.5, 0.6) is 5.75 Å². The van der Waals surface area contributed by atoms with E-state index < -0.39 is 0 Å². The third-order valence-electron chi connectivity index (χ3n) is 9.00. The van der Waals surface area contributed by atoms with Gasteiger partial charge in [-0.1, -0.05) is 31.4 Å². The average molecular weight is 463 g/mol. The summed E-state index contributed by atoms with van der Waals surface area (Å²) in [4.78, 5) is 17.8. The van der Waals surface area contributed by atoms with Crippen molar-refractivity contribution in [3.8, 4) is 5.75 Å². The molecule has 1 N–H and O–H groups in total. The molecule has 4 atom stereocenters. The van der Waals surface area contributed by atoms with Crippen molar-refractivity contribution in [2.75, 3.05) is 19.6 Å². The second-order valence-electron chi connectivity index (χ2n) is 11.1. The molecule has 3 fully saturated rings. The van der Waals surface area contributed by atoms with E-state index in [1.807, 2.05) is 6.07 Å². The summed E-state index contributed by atoms with van der Waals surface area (Å²) in [6.07, 6.45) is 13.4.